The fourth-order valence-corrected chi connectivity index (χ4v) is 3.04. The normalized spacial score (nSPS) is 14.0. The van der Waals surface area contributed by atoms with Crippen LogP contribution in [0.2, 0.25) is 12.1 Å². The van der Waals surface area contributed by atoms with Crippen LogP contribution in [-0.2, 0) is 25.8 Å². The number of allylic oxidation sites excluding steroid dienone is 1. The molecule has 0 saturated carbocycles. The van der Waals surface area contributed by atoms with Crippen LogP contribution in [0.4, 0.5) is 0 Å². The number of hydrogen-bond acceptors (Lipinski definition) is 0. The molecule has 0 N–H and O–H groups in total. The van der Waals surface area contributed by atoms with E-state index in [4.69, 9.17) is 0 Å². The maximum absolute atomic E-state index is 3.43. The third-order valence-electron chi connectivity index (χ3n) is 5.27. The Labute approximate surface area is 196 Å². The standard InChI is InChI=1S/C13H15.C9H13.C4H10Si.Hf/c1-10(2)9-12-8-7-11-5-3-4-6-13(11)12;1-6-5-7(2)9(4)8(6)3;1-4(2)5-3;/h3-7,10,12H,9H2,1-2H3;5H,1-4H3;4H,1-3H3;/q2*-1;;. The molecule has 2 aromatic carbocycles. The minimum Gasteiger partial charge on any atom is -0.268 e. The van der Waals surface area contributed by atoms with E-state index < -0.39 is 0 Å². The van der Waals surface area contributed by atoms with Crippen molar-refractivity contribution in [3.05, 3.63) is 69.8 Å². The smallest absolute Gasteiger partial charge is 0.0372 e. The largest absolute Gasteiger partial charge is 0.268 e. The Bertz CT molecular complexity index is 700. The van der Waals surface area contributed by atoms with Crippen molar-refractivity contribution in [3.8, 4) is 0 Å². The van der Waals surface area contributed by atoms with Crippen molar-refractivity contribution in [1.29, 1.82) is 0 Å². The van der Waals surface area contributed by atoms with E-state index in [-0.39, 0.29) is 25.8 Å². The summed E-state index contributed by atoms with van der Waals surface area (Å²) in [7, 11) is 1.11. The Kier molecular flexibility index (Phi) is 13.3. The SMILES string of the molecule is CC(C)CC1[C-]=Cc2ccccc21.C[Si]C(C)C.Cc1c[c-](C)c(C)c1C.[Hf]. The zero-order valence-electron chi connectivity index (χ0n) is 19.4. The van der Waals surface area contributed by atoms with Gasteiger partial charge in [-0.3, -0.25) is 6.08 Å². The number of hydrogen-bond donors (Lipinski definition) is 0. The summed E-state index contributed by atoms with van der Waals surface area (Å²) < 4.78 is 0. The van der Waals surface area contributed by atoms with Gasteiger partial charge in [0, 0.05) is 35.4 Å². The zero-order valence-corrected chi connectivity index (χ0v) is 24.0. The predicted octanol–water partition coefficient (Wildman–Crippen LogP) is 7.85. The molecule has 2 heteroatoms. The second kappa shape index (κ2) is 13.6. The third kappa shape index (κ3) is 8.82. The Morgan fingerprint density at radius 2 is 1.64 bits per heavy atom. The first kappa shape index (κ1) is 27.4. The summed E-state index contributed by atoms with van der Waals surface area (Å²) in [6.45, 7) is 19.9. The average molecular weight is 557 g/mol. The van der Waals surface area contributed by atoms with Crippen LogP contribution in [0, 0.1) is 39.7 Å². The molecule has 0 heterocycles. The number of fused-ring (bicyclic) bond motifs is 1. The molecular weight excluding hydrogens is 519 g/mol. The summed E-state index contributed by atoms with van der Waals surface area (Å²) in [4.78, 5) is 0. The molecule has 0 bridgehead atoms. The second-order valence-corrected chi connectivity index (χ2v) is 10.1. The topological polar surface area (TPSA) is 0 Å². The molecule has 1 atom stereocenters. The molecule has 1 unspecified atom stereocenters. The molecule has 0 nitrogen and oxygen atoms in total. The summed E-state index contributed by atoms with van der Waals surface area (Å²) in [6.07, 6.45) is 6.77. The first-order valence-corrected chi connectivity index (χ1v) is 11.8. The van der Waals surface area contributed by atoms with Crippen molar-refractivity contribution in [1.82, 2.24) is 0 Å². The van der Waals surface area contributed by atoms with E-state index in [9.17, 15) is 0 Å². The first-order valence-electron chi connectivity index (χ1n) is 10.2. The van der Waals surface area contributed by atoms with Gasteiger partial charge in [-0.15, -0.1) is 11.6 Å². The summed E-state index contributed by atoms with van der Waals surface area (Å²) in [5.74, 6) is 1.29. The number of rotatable bonds is 3. The molecule has 28 heavy (non-hydrogen) atoms. The summed E-state index contributed by atoms with van der Waals surface area (Å²) in [5, 5.41) is 0. The van der Waals surface area contributed by atoms with Gasteiger partial charge in [-0.25, -0.2) is 6.08 Å². The maximum Gasteiger partial charge on any atom is 0.0372 e. The van der Waals surface area contributed by atoms with E-state index in [0.717, 1.165) is 21.0 Å². The van der Waals surface area contributed by atoms with Crippen LogP contribution in [0.1, 0.15) is 73.4 Å². The minimum atomic E-state index is 0. The Morgan fingerprint density at radius 1 is 1.07 bits per heavy atom. The first-order chi connectivity index (χ1) is 12.7. The van der Waals surface area contributed by atoms with Gasteiger partial charge >= 0.3 is 0 Å². The molecule has 152 valence electrons. The molecule has 1 aliphatic carbocycles. The van der Waals surface area contributed by atoms with Crippen molar-refractivity contribution in [2.45, 2.75) is 79.8 Å². The van der Waals surface area contributed by atoms with Crippen molar-refractivity contribution < 1.29 is 25.8 Å². The molecule has 0 spiro atoms. The van der Waals surface area contributed by atoms with Crippen LogP contribution < -0.4 is 0 Å². The maximum atomic E-state index is 3.43. The molecule has 1 aliphatic rings. The molecule has 0 aliphatic heterocycles. The van der Waals surface area contributed by atoms with Crippen molar-refractivity contribution in [2.24, 2.45) is 5.92 Å². The van der Waals surface area contributed by atoms with E-state index in [0.29, 0.717) is 5.92 Å². The van der Waals surface area contributed by atoms with Gasteiger partial charge in [-0.1, -0.05) is 98.0 Å². The molecule has 0 amide bonds. The summed E-state index contributed by atoms with van der Waals surface area (Å²) in [5.41, 5.74) is 9.47. The van der Waals surface area contributed by atoms with Gasteiger partial charge in [-0.05, 0) is 5.92 Å². The van der Waals surface area contributed by atoms with Crippen LogP contribution >= 0.6 is 0 Å². The molecule has 2 radical (unpaired) electrons. The van der Waals surface area contributed by atoms with Gasteiger partial charge in [0.2, 0.25) is 0 Å². The van der Waals surface area contributed by atoms with Crippen molar-refractivity contribution in [2.75, 3.05) is 0 Å². The van der Waals surface area contributed by atoms with Gasteiger partial charge in [-0.2, -0.15) is 33.9 Å². The Morgan fingerprint density at radius 3 is 2.04 bits per heavy atom. The zero-order chi connectivity index (χ0) is 20.6. The van der Waals surface area contributed by atoms with E-state index in [1.807, 2.05) is 0 Å². The summed E-state index contributed by atoms with van der Waals surface area (Å²) in [6, 6.07) is 10.8. The second-order valence-electron chi connectivity index (χ2n) is 8.33. The van der Waals surface area contributed by atoms with Crippen LogP contribution in [-0.4, -0.2) is 9.52 Å². The fourth-order valence-electron chi connectivity index (χ4n) is 3.04. The van der Waals surface area contributed by atoms with Crippen LogP contribution in [0.5, 0.6) is 0 Å². The van der Waals surface area contributed by atoms with Gasteiger partial charge < -0.3 is 0 Å². The van der Waals surface area contributed by atoms with Crippen molar-refractivity contribution in [3.63, 3.8) is 0 Å². The van der Waals surface area contributed by atoms with E-state index >= 15 is 0 Å². The van der Waals surface area contributed by atoms with Gasteiger partial charge in [0.1, 0.15) is 0 Å². The van der Waals surface area contributed by atoms with E-state index in [1.54, 1.807) is 0 Å². The molecule has 3 rings (SSSR count). The van der Waals surface area contributed by atoms with E-state index in [1.165, 1.54) is 39.8 Å². The van der Waals surface area contributed by atoms with E-state index in [2.05, 4.69) is 104 Å². The molecule has 2 aromatic rings. The summed E-state index contributed by atoms with van der Waals surface area (Å²) >= 11 is 0. The quantitative estimate of drug-likeness (QED) is 0.267. The van der Waals surface area contributed by atoms with Gasteiger partial charge in [0.25, 0.3) is 0 Å². The molecule has 0 saturated heterocycles. The van der Waals surface area contributed by atoms with Crippen molar-refractivity contribution >= 4 is 15.6 Å². The third-order valence-corrected chi connectivity index (χ3v) is 6.43. The molecular formula is C26H38HfSi-2. The molecule has 0 aromatic heterocycles. The number of aryl methyl sites for hydroxylation is 2. The minimum absolute atomic E-state index is 0. The Balaban J connectivity index is 0.000000427. The van der Waals surface area contributed by atoms with Crippen LogP contribution in [0.15, 0.2) is 30.3 Å². The van der Waals surface area contributed by atoms with Gasteiger partial charge in [0.05, 0.1) is 0 Å². The van der Waals surface area contributed by atoms with Gasteiger partial charge in [0.15, 0.2) is 0 Å². The average Bonchev–Trinajstić information content (AvgIpc) is 3.12. The Hall–Kier alpha value is -0.603. The molecule has 0 fully saturated rings. The predicted molar refractivity (Wildman–Crippen MR) is 124 cm³/mol. The van der Waals surface area contributed by atoms with Crippen LogP contribution in [0.25, 0.3) is 6.08 Å². The van der Waals surface area contributed by atoms with Crippen LogP contribution in [0.3, 0.4) is 0 Å². The number of benzene rings is 1. The monoisotopic (exact) mass is 558 g/mol. The fraction of sp³-hybridized carbons (Fsp3) is 0.500.